The Morgan fingerprint density at radius 1 is 1.42 bits per heavy atom. The van der Waals surface area contributed by atoms with Crippen molar-refractivity contribution in [1.29, 1.82) is 0 Å². The van der Waals surface area contributed by atoms with Gasteiger partial charge < -0.3 is 11.1 Å². The molecular formula is C15H25N3O. The maximum Gasteiger partial charge on any atom is 0.222 e. The molecule has 1 unspecified atom stereocenters. The van der Waals surface area contributed by atoms with Crippen LogP contribution in [0, 0.1) is 5.41 Å². The van der Waals surface area contributed by atoms with Crippen molar-refractivity contribution < 1.29 is 4.79 Å². The first-order chi connectivity index (χ1) is 8.78. The molecule has 4 nitrogen and oxygen atoms in total. The van der Waals surface area contributed by atoms with Gasteiger partial charge in [0.25, 0.3) is 0 Å². The van der Waals surface area contributed by atoms with Gasteiger partial charge in [0, 0.05) is 18.7 Å². The van der Waals surface area contributed by atoms with Gasteiger partial charge in [0.2, 0.25) is 5.91 Å². The molecule has 3 N–H and O–H groups in total. The van der Waals surface area contributed by atoms with E-state index in [4.69, 9.17) is 5.73 Å². The number of hydrogen-bond acceptors (Lipinski definition) is 3. The van der Waals surface area contributed by atoms with Gasteiger partial charge in [-0.1, -0.05) is 26.8 Å². The normalized spacial score (nSPS) is 14.8. The SMILES string of the molecule is C[C@@H](NC(=O)CC(N)CC(C)(C)C)c1ccccn1. The van der Waals surface area contributed by atoms with E-state index in [2.05, 4.69) is 31.1 Å². The van der Waals surface area contributed by atoms with E-state index in [0.29, 0.717) is 6.42 Å². The predicted molar refractivity (Wildman–Crippen MR) is 77.5 cm³/mol. The van der Waals surface area contributed by atoms with Crippen LogP contribution in [0.2, 0.25) is 0 Å². The zero-order valence-electron chi connectivity index (χ0n) is 12.3. The zero-order chi connectivity index (χ0) is 14.5. The average molecular weight is 263 g/mol. The molecule has 4 heteroatoms. The number of pyridine rings is 1. The minimum absolute atomic E-state index is 0.0186. The van der Waals surface area contributed by atoms with Crippen molar-refractivity contribution >= 4 is 5.91 Å². The highest BCUT2D eigenvalue weighted by molar-refractivity contribution is 5.76. The molecule has 2 atom stereocenters. The molecule has 0 saturated carbocycles. The van der Waals surface area contributed by atoms with Crippen molar-refractivity contribution in [3.05, 3.63) is 30.1 Å². The molecule has 1 heterocycles. The minimum atomic E-state index is -0.101. The van der Waals surface area contributed by atoms with E-state index in [0.717, 1.165) is 12.1 Å². The Morgan fingerprint density at radius 3 is 2.63 bits per heavy atom. The second-order valence-corrected chi connectivity index (χ2v) is 6.27. The quantitative estimate of drug-likeness (QED) is 0.857. The van der Waals surface area contributed by atoms with Crippen LogP contribution in [-0.2, 0) is 4.79 Å². The summed E-state index contributed by atoms with van der Waals surface area (Å²) in [6.07, 6.45) is 2.91. The van der Waals surface area contributed by atoms with Gasteiger partial charge in [-0.15, -0.1) is 0 Å². The number of nitrogens with one attached hydrogen (secondary N) is 1. The average Bonchev–Trinajstić information content (AvgIpc) is 2.27. The third-order valence-electron chi connectivity index (χ3n) is 2.83. The van der Waals surface area contributed by atoms with Crippen LogP contribution in [0.5, 0.6) is 0 Å². The van der Waals surface area contributed by atoms with Crippen molar-refractivity contribution in [3.8, 4) is 0 Å². The minimum Gasteiger partial charge on any atom is -0.348 e. The van der Waals surface area contributed by atoms with E-state index >= 15 is 0 Å². The van der Waals surface area contributed by atoms with Crippen LogP contribution in [0.3, 0.4) is 0 Å². The number of nitrogens with two attached hydrogens (primary N) is 1. The van der Waals surface area contributed by atoms with E-state index < -0.39 is 0 Å². The van der Waals surface area contributed by atoms with E-state index in [1.807, 2.05) is 25.1 Å². The fraction of sp³-hybridized carbons (Fsp3) is 0.600. The topological polar surface area (TPSA) is 68.0 Å². The molecular weight excluding hydrogens is 238 g/mol. The fourth-order valence-electron chi connectivity index (χ4n) is 2.10. The van der Waals surface area contributed by atoms with Gasteiger partial charge in [-0.3, -0.25) is 9.78 Å². The summed E-state index contributed by atoms with van der Waals surface area (Å²) in [6, 6.07) is 5.49. The van der Waals surface area contributed by atoms with Gasteiger partial charge in [0.15, 0.2) is 0 Å². The summed E-state index contributed by atoms with van der Waals surface area (Å²) < 4.78 is 0. The highest BCUT2D eigenvalue weighted by Crippen LogP contribution is 2.21. The van der Waals surface area contributed by atoms with Crippen molar-refractivity contribution in [1.82, 2.24) is 10.3 Å². The number of nitrogens with zero attached hydrogens (tertiary/aromatic N) is 1. The van der Waals surface area contributed by atoms with Crippen molar-refractivity contribution in [2.45, 2.75) is 52.6 Å². The lowest BCUT2D eigenvalue weighted by atomic mass is 9.87. The number of amides is 1. The first kappa shape index (κ1) is 15.6. The first-order valence-corrected chi connectivity index (χ1v) is 6.74. The number of carbonyl (C=O) groups is 1. The Balaban J connectivity index is 2.43. The Hall–Kier alpha value is -1.42. The van der Waals surface area contributed by atoms with Crippen molar-refractivity contribution in [3.63, 3.8) is 0 Å². The van der Waals surface area contributed by atoms with Crippen LogP contribution in [0.4, 0.5) is 0 Å². The Labute approximate surface area is 115 Å². The molecule has 0 aliphatic heterocycles. The van der Waals surface area contributed by atoms with Gasteiger partial charge in [-0.25, -0.2) is 0 Å². The van der Waals surface area contributed by atoms with Gasteiger partial charge in [0.05, 0.1) is 11.7 Å². The summed E-state index contributed by atoms with van der Waals surface area (Å²) >= 11 is 0. The number of aromatic nitrogens is 1. The lowest BCUT2D eigenvalue weighted by molar-refractivity contribution is -0.122. The predicted octanol–water partition coefficient (Wildman–Crippen LogP) is 2.41. The fourth-order valence-corrected chi connectivity index (χ4v) is 2.10. The van der Waals surface area contributed by atoms with Crippen LogP contribution in [0.1, 0.15) is 52.3 Å². The maximum absolute atomic E-state index is 11.9. The van der Waals surface area contributed by atoms with Crippen LogP contribution in [-0.4, -0.2) is 16.9 Å². The smallest absolute Gasteiger partial charge is 0.222 e. The third-order valence-corrected chi connectivity index (χ3v) is 2.83. The van der Waals surface area contributed by atoms with E-state index in [1.165, 1.54) is 0 Å². The summed E-state index contributed by atoms with van der Waals surface area (Å²) in [5.74, 6) is -0.0186. The van der Waals surface area contributed by atoms with Crippen molar-refractivity contribution in [2.75, 3.05) is 0 Å². The molecule has 0 spiro atoms. The summed E-state index contributed by atoms with van der Waals surface area (Å²) in [7, 11) is 0. The molecule has 0 aliphatic rings. The second kappa shape index (κ2) is 6.66. The summed E-state index contributed by atoms with van der Waals surface area (Å²) in [6.45, 7) is 8.30. The molecule has 0 aromatic carbocycles. The second-order valence-electron chi connectivity index (χ2n) is 6.27. The summed E-state index contributed by atoms with van der Waals surface area (Å²) in [4.78, 5) is 16.1. The number of carbonyl (C=O) groups excluding carboxylic acids is 1. The van der Waals surface area contributed by atoms with Crippen LogP contribution in [0.15, 0.2) is 24.4 Å². The molecule has 1 aromatic rings. The molecule has 0 bridgehead atoms. The lowest BCUT2D eigenvalue weighted by Gasteiger charge is -2.23. The number of hydrogen-bond donors (Lipinski definition) is 2. The largest absolute Gasteiger partial charge is 0.348 e. The Kier molecular flexibility index (Phi) is 5.48. The van der Waals surface area contributed by atoms with E-state index in [9.17, 15) is 4.79 Å². The van der Waals surface area contributed by atoms with E-state index in [1.54, 1.807) is 6.20 Å². The van der Waals surface area contributed by atoms with Gasteiger partial charge in [-0.05, 0) is 30.9 Å². The summed E-state index contributed by atoms with van der Waals surface area (Å²) in [5.41, 5.74) is 7.01. The molecule has 1 rings (SSSR count). The van der Waals surface area contributed by atoms with Crippen LogP contribution >= 0.6 is 0 Å². The van der Waals surface area contributed by atoms with Crippen LogP contribution in [0.25, 0.3) is 0 Å². The lowest BCUT2D eigenvalue weighted by Crippen LogP contribution is -2.35. The highest BCUT2D eigenvalue weighted by Gasteiger charge is 2.19. The maximum atomic E-state index is 11.9. The molecule has 1 aromatic heterocycles. The molecule has 106 valence electrons. The third kappa shape index (κ3) is 6.34. The van der Waals surface area contributed by atoms with Gasteiger partial charge in [0.1, 0.15) is 0 Å². The molecule has 19 heavy (non-hydrogen) atoms. The molecule has 0 aliphatic carbocycles. The first-order valence-electron chi connectivity index (χ1n) is 6.74. The molecule has 0 fully saturated rings. The van der Waals surface area contributed by atoms with Gasteiger partial charge >= 0.3 is 0 Å². The molecule has 0 radical (unpaired) electrons. The van der Waals surface area contributed by atoms with E-state index in [-0.39, 0.29) is 23.4 Å². The Bertz CT molecular complexity index is 398. The van der Waals surface area contributed by atoms with Gasteiger partial charge in [-0.2, -0.15) is 0 Å². The monoisotopic (exact) mass is 263 g/mol. The van der Waals surface area contributed by atoms with Crippen LogP contribution < -0.4 is 11.1 Å². The Morgan fingerprint density at radius 2 is 2.11 bits per heavy atom. The standard InChI is InChI=1S/C15H25N3O/c1-11(13-7-5-6-8-17-13)18-14(19)9-12(16)10-15(2,3)4/h5-8,11-12H,9-10,16H2,1-4H3,(H,18,19)/t11-,12?/m1/s1. The highest BCUT2D eigenvalue weighted by atomic mass is 16.1. The number of rotatable bonds is 5. The molecule has 0 saturated heterocycles. The molecule has 1 amide bonds. The summed E-state index contributed by atoms with van der Waals surface area (Å²) in [5, 5.41) is 2.93. The van der Waals surface area contributed by atoms with Crippen molar-refractivity contribution in [2.24, 2.45) is 11.1 Å². The zero-order valence-corrected chi connectivity index (χ0v) is 12.3.